The fourth-order valence-corrected chi connectivity index (χ4v) is 2.32. The fraction of sp³-hybridized carbons (Fsp3) is 0.188. The first-order valence-corrected chi connectivity index (χ1v) is 7.31. The number of carbonyl (C=O) groups is 1. The Bertz CT molecular complexity index is 633. The molecule has 0 fully saturated rings. The molecule has 110 valence electrons. The Morgan fingerprint density at radius 1 is 1.10 bits per heavy atom. The van der Waals surface area contributed by atoms with Crippen molar-refractivity contribution in [3.63, 3.8) is 0 Å². The number of rotatable bonds is 4. The summed E-state index contributed by atoms with van der Waals surface area (Å²) in [5.41, 5.74) is 1.50. The van der Waals surface area contributed by atoms with Crippen LogP contribution >= 0.6 is 15.9 Å². The first kappa shape index (κ1) is 15.6. The van der Waals surface area contributed by atoms with Crippen molar-refractivity contribution < 1.29 is 13.6 Å². The largest absolute Gasteiger partial charge is 0.348 e. The van der Waals surface area contributed by atoms with E-state index in [4.69, 9.17) is 0 Å². The summed E-state index contributed by atoms with van der Waals surface area (Å²) >= 11 is 2.97. The van der Waals surface area contributed by atoms with Crippen LogP contribution in [0.1, 0.15) is 28.4 Å². The molecule has 0 heterocycles. The van der Waals surface area contributed by atoms with Crippen molar-refractivity contribution in [1.29, 1.82) is 0 Å². The van der Waals surface area contributed by atoms with Gasteiger partial charge in [-0.2, -0.15) is 0 Å². The number of halogens is 3. The Kier molecular flexibility index (Phi) is 5.07. The second-order valence-corrected chi connectivity index (χ2v) is 5.51. The van der Waals surface area contributed by atoms with Crippen LogP contribution in [-0.4, -0.2) is 5.91 Å². The fourth-order valence-electron chi connectivity index (χ4n) is 1.92. The molecule has 0 atom stereocenters. The number of carbonyl (C=O) groups excluding carboxylic acids is 1. The molecule has 21 heavy (non-hydrogen) atoms. The molecular weight excluding hydrogens is 340 g/mol. The maximum atomic E-state index is 13.7. The second-order valence-electron chi connectivity index (χ2n) is 4.60. The summed E-state index contributed by atoms with van der Waals surface area (Å²) in [6.45, 7) is 2.27. The SMILES string of the molecule is CCc1ccc(CNC(=O)c2c(F)cc(Br)cc2F)cc1. The predicted molar refractivity (Wildman–Crippen MR) is 81.0 cm³/mol. The molecule has 1 amide bonds. The topological polar surface area (TPSA) is 29.1 Å². The van der Waals surface area contributed by atoms with Crippen molar-refractivity contribution in [3.8, 4) is 0 Å². The van der Waals surface area contributed by atoms with E-state index in [9.17, 15) is 13.6 Å². The monoisotopic (exact) mass is 353 g/mol. The molecule has 0 saturated heterocycles. The summed E-state index contributed by atoms with van der Waals surface area (Å²) in [4.78, 5) is 11.9. The first-order chi connectivity index (χ1) is 10.0. The zero-order chi connectivity index (χ0) is 15.4. The van der Waals surface area contributed by atoms with Gasteiger partial charge in [0, 0.05) is 11.0 Å². The van der Waals surface area contributed by atoms with E-state index in [0.717, 1.165) is 24.1 Å². The van der Waals surface area contributed by atoms with E-state index in [2.05, 4.69) is 28.2 Å². The molecule has 5 heteroatoms. The van der Waals surface area contributed by atoms with Gasteiger partial charge in [-0.25, -0.2) is 8.78 Å². The summed E-state index contributed by atoms with van der Waals surface area (Å²) in [6, 6.07) is 9.81. The lowest BCUT2D eigenvalue weighted by Gasteiger charge is -2.08. The third kappa shape index (κ3) is 3.88. The minimum absolute atomic E-state index is 0.220. The van der Waals surface area contributed by atoms with E-state index in [1.54, 1.807) is 0 Å². The molecule has 0 radical (unpaired) electrons. The molecule has 0 aromatic heterocycles. The van der Waals surface area contributed by atoms with Crippen LogP contribution in [0.2, 0.25) is 0 Å². The van der Waals surface area contributed by atoms with Crippen molar-refractivity contribution >= 4 is 21.8 Å². The van der Waals surface area contributed by atoms with Gasteiger partial charge in [0.2, 0.25) is 0 Å². The van der Waals surface area contributed by atoms with Crippen LogP contribution in [-0.2, 0) is 13.0 Å². The van der Waals surface area contributed by atoms with Crippen LogP contribution < -0.4 is 5.32 Å². The Hall–Kier alpha value is -1.75. The highest BCUT2D eigenvalue weighted by Gasteiger charge is 2.18. The van der Waals surface area contributed by atoms with Gasteiger partial charge in [0.25, 0.3) is 5.91 Å². The zero-order valence-electron chi connectivity index (χ0n) is 11.4. The highest BCUT2D eigenvalue weighted by atomic mass is 79.9. The smallest absolute Gasteiger partial charge is 0.257 e. The molecule has 0 aliphatic carbocycles. The van der Waals surface area contributed by atoms with E-state index in [1.807, 2.05) is 24.3 Å². The number of aryl methyl sites for hydroxylation is 1. The first-order valence-electron chi connectivity index (χ1n) is 6.51. The van der Waals surface area contributed by atoms with E-state index in [0.29, 0.717) is 0 Å². The average molecular weight is 354 g/mol. The Labute approximate surface area is 130 Å². The van der Waals surface area contributed by atoms with Crippen LogP contribution in [0.4, 0.5) is 8.78 Å². The number of amides is 1. The number of benzene rings is 2. The highest BCUT2D eigenvalue weighted by molar-refractivity contribution is 9.10. The minimum Gasteiger partial charge on any atom is -0.348 e. The van der Waals surface area contributed by atoms with Crippen LogP contribution in [0.3, 0.4) is 0 Å². The molecule has 0 aliphatic rings. The summed E-state index contributed by atoms with van der Waals surface area (Å²) in [5, 5.41) is 2.52. The minimum atomic E-state index is -0.888. The van der Waals surface area contributed by atoms with Gasteiger partial charge in [-0.15, -0.1) is 0 Å². The molecule has 1 N–H and O–H groups in total. The number of hydrogen-bond donors (Lipinski definition) is 1. The molecule has 0 aliphatic heterocycles. The summed E-state index contributed by atoms with van der Waals surface area (Å²) in [6.07, 6.45) is 0.932. The molecule has 0 unspecified atom stereocenters. The van der Waals surface area contributed by atoms with Gasteiger partial charge in [-0.05, 0) is 29.7 Å². The van der Waals surface area contributed by atoms with Crippen LogP contribution in [0.15, 0.2) is 40.9 Å². The molecule has 0 spiro atoms. The van der Waals surface area contributed by atoms with Crippen molar-refractivity contribution in [3.05, 3.63) is 69.2 Å². The third-order valence-electron chi connectivity index (χ3n) is 3.12. The molecule has 0 bridgehead atoms. The van der Waals surface area contributed by atoms with Crippen molar-refractivity contribution in [1.82, 2.24) is 5.32 Å². The lowest BCUT2D eigenvalue weighted by molar-refractivity contribution is 0.0942. The maximum Gasteiger partial charge on any atom is 0.257 e. The highest BCUT2D eigenvalue weighted by Crippen LogP contribution is 2.19. The van der Waals surface area contributed by atoms with Gasteiger partial charge in [0.05, 0.1) is 0 Å². The normalized spacial score (nSPS) is 10.5. The lowest BCUT2D eigenvalue weighted by Crippen LogP contribution is -2.25. The van der Waals surface area contributed by atoms with Gasteiger partial charge < -0.3 is 5.32 Å². The second kappa shape index (κ2) is 6.80. The van der Waals surface area contributed by atoms with Gasteiger partial charge in [0.1, 0.15) is 17.2 Å². The summed E-state index contributed by atoms with van der Waals surface area (Å²) in [7, 11) is 0. The molecule has 0 saturated carbocycles. The maximum absolute atomic E-state index is 13.7. The average Bonchev–Trinajstić information content (AvgIpc) is 2.44. The Morgan fingerprint density at radius 2 is 1.62 bits per heavy atom. The van der Waals surface area contributed by atoms with Crippen LogP contribution in [0.5, 0.6) is 0 Å². The zero-order valence-corrected chi connectivity index (χ0v) is 13.0. The van der Waals surface area contributed by atoms with E-state index >= 15 is 0 Å². The molecule has 2 nitrogen and oxygen atoms in total. The number of nitrogens with one attached hydrogen (secondary N) is 1. The predicted octanol–water partition coefficient (Wildman–Crippen LogP) is 4.22. The van der Waals surface area contributed by atoms with E-state index in [1.165, 1.54) is 5.56 Å². The Balaban J connectivity index is 2.08. The standard InChI is InChI=1S/C16H14BrF2NO/c1-2-10-3-5-11(6-4-10)9-20-16(21)15-13(18)7-12(17)8-14(15)19/h3-8H,2,9H2,1H3,(H,20,21). The van der Waals surface area contributed by atoms with Crippen molar-refractivity contribution in [2.24, 2.45) is 0 Å². The molecular formula is C16H14BrF2NO. The van der Waals surface area contributed by atoms with Gasteiger partial charge in [-0.1, -0.05) is 47.1 Å². The van der Waals surface area contributed by atoms with Gasteiger partial charge in [0.15, 0.2) is 0 Å². The van der Waals surface area contributed by atoms with Crippen molar-refractivity contribution in [2.45, 2.75) is 19.9 Å². The van der Waals surface area contributed by atoms with Crippen LogP contribution in [0, 0.1) is 11.6 Å². The summed E-state index contributed by atoms with van der Waals surface area (Å²) in [5.74, 6) is -2.54. The molecule has 2 aromatic rings. The molecule has 2 aromatic carbocycles. The van der Waals surface area contributed by atoms with Gasteiger partial charge >= 0.3 is 0 Å². The quantitative estimate of drug-likeness (QED) is 0.875. The number of hydrogen-bond acceptors (Lipinski definition) is 1. The van der Waals surface area contributed by atoms with E-state index < -0.39 is 23.1 Å². The van der Waals surface area contributed by atoms with Crippen molar-refractivity contribution in [2.75, 3.05) is 0 Å². The lowest BCUT2D eigenvalue weighted by atomic mass is 10.1. The van der Waals surface area contributed by atoms with Gasteiger partial charge in [-0.3, -0.25) is 4.79 Å². The van der Waals surface area contributed by atoms with E-state index in [-0.39, 0.29) is 11.0 Å². The van der Waals surface area contributed by atoms with Crippen LogP contribution in [0.25, 0.3) is 0 Å². The summed E-state index contributed by atoms with van der Waals surface area (Å²) < 4.78 is 27.6. The molecule has 2 rings (SSSR count). The Morgan fingerprint density at radius 3 is 2.14 bits per heavy atom. The third-order valence-corrected chi connectivity index (χ3v) is 3.58.